The number of hydrogen-bond donors (Lipinski definition) is 1. The molecule has 1 aromatic rings. The predicted octanol–water partition coefficient (Wildman–Crippen LogP) is 2.06. The first-order valence-corrected chi connectivity index (χ1v) is 7.16. The molecule has 0 unspecified atom stereocenters. The van der Waals surface area contributed by atoms with Crippen LogP contribution in [-0.4, -0.2) is 23.4 Å². The Morgan fingerprint density at radius 1 is 1.25 bits per heavy atom. The van der Waals surface area contributed by atoms with Gasteiger partial charge >= 0.3 is 0 Å². The van der Waals surface area contributed by atoms with Crippen LogP contribution in [0.15, 0.2) is 30.3 Å². The number of hydrogen-bond acceptors (Lipinski definition) is 3. The van der Waals surface area contributed by atoms with Crippen molar-refractivity contribution in [2.45, 2.75) is 38.3 Å². The van der Waals surface area contributed by atoms with Crippen LogP contribution >= 0.6 is 0 Å². The molecule has 0 spiro atoms. The van der Waals surface area contributed by atoms with Crippen LogP contribution < -0.4 is 5.73 Å². The third-order valence-corrected chi connectivity index (χ3v) is 3.91. The highest BCUT2D eigenvalue weighted by Crippen LogP contribution is 2.25. The van der Waals surface area contributed by atoms with Gasteiger partial charge < -0.3 is 10.6 Å². The predicted molar refractivity (Wildman–Crippen MR) is 77.4 cm³/mol. The molecule has 0 heterocycles. The summed E-state index contributed by atoms with van der Waals surface area (Å²) in [7, 11) is 0. The van der Waals surface area contributed by atoms with Crippen LogP contribution in [0.5, 0.6) is 0 Å². The Kier molecular flexibility index (Phi) is 5.14. The average molecular weight is 271 g/mol. The Morgan fingerprint density at radius 2 is 1.90 bits per heavy atom. The van der Waals surface area contributed by atoms with Gasteiger partial charge in [0.25, 0.3) is 0 Å². The van der Waals surface area contributed by atoms with Crippen molar-refractivity contribution in [2.24, 2.45) is 11.7 Å². The highest BCUT2D eigenvalue weighted by molar-refractivity contribution is 5.79. The standard InChI is InChI=1S/C16H21N3O/c17-10-11-19(12-13-4-2-1-3-5-13)16(20)14-6-8-15(18)9-7-14/h1-5,14-15H,6-9,11-12,18H2. The molecule has 2 rings (SSSR count). The van der Waals surface area contributed by atoms with Gasteiger partial charge in [0, 0.05) is 18.5 Å². The molecule has 1 aliphatic carbocycles. The Hall–Kier alpha value is -1.86. The fourth-order valence-electron chi connectivity index (χ4n) is 2.73. The minimum atomic E-state index is 0.0341. The van der Waals surface area contributed by atoms with E-state index < -0.39 is 0 Å². The molecule has 0 aromatic heterocycles. The second-order valence-electron chi connectivity index (χ2n) is 5.45. The molecule has 0 radical (unpaired) electrons. The second-order valence-corrected chi connectivity index (χ2v) is 5.45. The third kappa shape index (κ3) is 3.82. The summed E-state index contributed by atoms with van der Waals surface area (Å²) in [6.07, 6.45) is 3.50. The molecule has 2 N–H and O–H groups in total. The molecule has 20 heavy (non-hydrogen) atoms. The number of nitriles is 1. The molecule has 0 saturated heterocycles. The van der Waals surface area contributed by atoms with E-state index in [1.807, 2.05) is 30.3 Å². The number of carbonyl (C=O) groups excluding carboxylic acids is 1. The number of nitrogens with zero attached hydrogens (tertiary/aromatic N) is 2. The summed E-state index contributed by atoms with van der Waals surface area (Å²) in [6.45, 7) is 0.659. The largest absolute Gasteiger partial charge is 0.328 e. The van der Waals surface area contributed by atoms with Crippen molar-refractivity contribution in [3.63, 3.8) is 0 Å². The van der Waals surface area contributed by atoms with Crippen LogP contribution in [-0.2, 0) is 11.3 Å². The van der Waals surface area contributed by atoms with Gasteiger partial charge in [0.15, 0.2) is 0 Å². The smallest absolute Gasteiger partial charge is 0.226 e. The van der Waals surface area contributed by atoms with Gasteiger partial charge in [-0.05, 0) is 31.2 Å². The quantitative estimate of drug-likeness (QED) is 0.852. The van der Waals surface area contributed by atoms with Crippen LogP contribution in [0.4, 0.5) is 0 Å². The normalized spacial score (nSPS) is 22.0. The molecule has 0 bridgehead atoms. The number of nitrogens with two attached hydrogens (primary N) is 1. The summed E-state index contributed by atoms with van der Waals surface area (Å²) >= 11 is 0. The van der Waals surface area contributed by atoms with Crippen molar-refractivity contribution in [2.75, 3.05) is 6.54 Å². The van der Waals surface area contributed by atoms with Crippen molar-refractivity contribution in [1.82, 2.24) is 4.90 Å². The zero-order chi connectivity index (χ0) is 14.4. The highest BCUT2D eigenvalue weighted by atomic mass is 16.2. The van der Waals surface area contributed by atoms with E-state index in [-0.39, 0.29) is 24.4 Å². The lowest BCUT2D eigenvalue weighted by Crippen LogP contribution is -2.39. The van der Waals surface area contributed by atoms with Crippen molar-refractivity contribution < 1.29 is 4.79 Å². The molecule has 1 aliphatic rings. The summed E-state index contributed by atoms with van der Waals surface area (Å²) < 4.78 is 0. The molecular formula is C16H21N3O. The Bertz CT molecular complexity index is 472. The first-order valence-electron chi connectivity index (χ1n) is 7.16. The van der Waals surface area contributed by atoms with E-state index in [1.165, 1.54) is 0 Å². The molecule has 1 amide bonds. The van der Waals surface area contributed by atoms with Gasteiger partial charge in [-0.3, -0.25) is 4.79 Å². The molecule has 106 valence electrons. The van der Waals surface area contributed by atoms with Gasteiger partial charge in [0.1, 0.15) is 6.54 Å². The molecule has 1 aromatic carbocycles. The first-order chi connectivity index (χ1) is 9.70. The van der Waals surface area contributed by atoms with E-state index in [4.69, 9.17) is 11.0 Å². The summed E-state index contributed by atoms with van der Waals surface area (Å²) in [5.74, 6) is 0.133. The molecular weight excluding hydrogens is 250 g/mol. The van der Waals surface area contributed by atoms with Crippen molar-refractivity contribution in [1.29, 1.82) is 5.26 Å². The Balaban J connectivity index is 2.01. The van der Waals surface area contributed by atoms with E-state index in [1.54, 1.807) is 4.90 Å². The number of amides is 1. The lowest BCUT2D eigenvalue weighted by Gasteiger charge is -2.30. The fourth-order valence-corrected chi connectivity index (χ4v) is 2.73. The maximum atomic E-state index is 12.5. The van der Waals surface area contributed by atoms with E-state index in [9.17, 15) is 4.79 Å². The van der Waals surface area contributed by atoms with Crippen LogP contribution in [0.1, 0.15) is 31.2 Å². The molecule has 0 aliphatic heterocycles. The maximum absolute atomic E-state index is 12.5. The van der Waals surface area contributed by atoms with Crippen LogP contribution in [0.2, 0.25) is 0 Å². The lowest BCUT2D eigenvalue weighted by atomic mass is 9.85. The second kappa shape index (κ2) is 7.06. The topological polar surface area (TPSA) is 70.1 Å². The number of rotatable bonds is 4. The van der Waals surface area contributed by atoms with E-state index in [0.717, 1.165) is 31.2 Å². The zero-order valence-corrected chi connectivity index (χ0v) is 11.7. The first kappa shape index (κ1) is 14.5. The van der Waals surface area contributed by atoms with Gasteiger partial charge in [-0.2, -0.15) is 5.26 Å². The number of carbonyl (C=O) groups is 1. The van der Waals surface area contributed by atoms with Crippen molar-refractivity contribution in [3.05, 3.63) is 35.9 Å². The molecule has 1 saturated carbocycles. The molecule has 1 fully saturated rings. The van der Waals surface area contributed by atoms with Crippen molar-refractivity contribution >= 4 is 5.91 Å². The summed E-state index contributed by atoms with van der Waals surface area (Å²) in [5.41, 5.74) is 6.94. The monoisotopic (exact) mass is 271 g/mol. The van der Waals surface area contributed by atoms with Crippen molar-refractivity contribution in [3.8, 4) is 6.07 Å². The zero-order valence-electron chi connectivity index (χ0n) is 11.7. The van der Waals surface area contributed by atoms with Gasteiger partial charge in [-0.1, -0.05) is 30.3 Å². The van der Waals surface area contributed by atoms with Crippen LogP contribution in [0, 0.1) is 17.2 Å². The minimum Gasteiger partial charge on any atom is -0.328 e. The fraction of sp³-hybridized carbons (Fsp3) is 0.500. The minimum absolute atomic E-state index is 0.0341. The number of benzene rings is 1. The third-order valence-electron chi connectivity index (χ3n) is 3.91. The molecule has 0 atom stereocenters. The van der Waals surface area contributed by atoms with Crippen LogP contribution in [0.25, 0.3) is 0 Å². The summed E-state index contributed by atoms with van der Waals surface area (Å²) in [4.78, 5) is 14.2. The lowest BCUT2D eigenvalue weighted by molar-refractivity contribution is -0.136. The van der Waals surface area contributed by atoms with Gasteiger partial charge in [-0.15, -0.1) is 0 Å². The summed E-state index contributed by atoms with van der Waals surface area (Å²) in [6, 6.07) is 12.1. The van der Waals surface area contributed by atoms with E-state index >= 15 is 0 Å². The van der Waals surface area contributed by atoms with E-state index in [2.05, 4.69) is 6.07 Å². The average Bonchev–Trinajstić information content (AvgIpc) is 2.48. The molecule has 4 heteroatoms. The summed E-state index contributed by atoms with van der Waals surface area (Å²) in [5, 5.41) is 8.94. The molecule has 4 nitrogen and oxygen atoms in total. The van der Waals surface area contributed by atoms with Gasteiger partial charge in [0.2, 0.25) is 5.91 Å². The maximum Gasteiger partial charge on any atom is 0.226 e. The van der Waals surface area contributed by atoms with Crippen LogP contribution in [0.3, 0.4) is 0 Å². The van der Waals surface area contributed by atoms with Gasteiger partial charge in [0.05, 0.1) is 6.07 Å². The van der Waals surface area contributed by atoms with Gasteiger partial charge in [-0.25, -0.2) is 0 Å². The SMILES string of the molecule is N#CCN(Cc1ccccc1)C(=O)C1CCC(N)CC1. The Labute approximate surface area is 120 Å². The van der Waals surface area contributed by atoms with E-state index in [0.29, 0.717) is 6.54 Å². The Morgan fingerprint density at radius 3 is 2.50 bits per heavy atom. The highest BCUT2D eigenvalue weighted by Gasteiger charge is 2.28.